The quantitative estimate of drug-likeness (QED) is 0.796. The average Bonchev–Trinajstić information content (AvgIpc) is 2.26. The summed E-state index contributed by atoms with van der Waals surface area (Å²) in [6.45, 7) is 5.54. The van der Waals surface area contributed by atoms with E-state index in [-0.39, 0.29) is 0 Å². The molecule has 2 nitrogen and oxygen atoms in total. The molecule has 1 aromatic rings. The highest BCUT2D eigenvalue weighted by molar-refractivity contribution is 5.69. The number of hydrogen-bond acceptors (Lipinski definition) is 2. The van der Waals surface area contributed by atoms with E-state index in [2.05, 4.69) is 62.4 Å². The van der Waals surface area contributed by atoms with Crippen LogP contribution in [-0.4, -0.2) is 20.6 Å². The molecule has 2 heteroatoms. The maximum atomic E-state index is 3.50. The number of hydrogen-bond donors (Lipinski definition) is 1. The molecule has 0 bridgehead atoms. The molecular weight excluding hydrogens is 184 g/mol. The zero-order valence-electron chi connectivity index (χ0n) is 10.2. The van der Waals surface area contributed by atoms with E-state index in [0.29, 0.717) is 0 Å². The Morgan fingerprint density at radius 3 is 2.53 bits per heavy atom. The van der Waals surface area contributed by atoms with Crippen molar-refractivity contribution < 1.29 is 0 Å². The van der Waals surface area contributed by atoms with Crippen LogP contribution in [0.15, 0.2) is 24.3 Å². The third kappa shape index (κ3) is 3.46. The van der Waals surface area contributed by atoms with Crippen molar-refractivity contribution in [3.05, 3.63) is 24.3 Å². The molecule has 0 saturated heterocycles. The Hall–Kier alpha value is -1.18. The molecule has 0 heterocycles. The van der Waals surface area contributed by atoms with Gasteiger partial charge in [0.2, 0.25) is 0 Å². The van der Waals surface area contributed by atoms with Gasteiger partial charge in [-0.05, 0) is 18.1 Å². The van der Waals surface area contributed by atoms with Crippen molar-refractivity contribution >= 4 is 11.4 Å². The van der Waals surface area contributed by atoms with E-state index >= 15 is 0 Å². The molecule has 1 atom stereocenters. The van der Waals surface area contributed by atoms with Gasteiger partial charge in [0, 0.05) is 20.6 Å². The van der Waals surface area contributed by atoms with Crippen molar-refractivity contribution in [2.75, 3.05) is 30.9 Å². The van der Waals surface area contributed by atoms with Gasteiger partial charge < -0.3 is 10.2 Å². The minimum Gasteiger partial charge on any atom is -0.383 e. The van der Waals surface area contributed by atoms with Crippen LogP contribution in [0.1, 0.15) is 20.3 Å². The number of nitrogens with zero attached hydrogens (tertiary/aromatic N) is 1. The Kier molecular flexibility index (Phi) is 4.47. The molecule has 0 aliphatic heterocycles. The lowest BCUT2D eigenvalue weighted by molar-refractivity contribution is 0.593. The maximum Gasteiger partial charge on any atom is 0.0596 e. The van der Waals surface area contributed by atoms with E-state index in [1.165, 1.54) is 17.8 Å². The molecule has 0 fully saturated rings. The first-order valence-electron chi connectivity index (χ1n) is 5.65. The van der Waals surface area contributed by atoms with Crippen molar-refractivity contribution in [3.63, 3.8) is 0 Å². The van der Waals surface area contributed by atoms with Gasteiger partial charge in [0.15, 0.2) is 0 Å². The summed E-state index contributed by atoms with van der Waals surface area (Å²) in [4.78, 5) is 2.14. The van der Waals surface area contributed by atoms with Crippen LogP contribution in [0.2, 0.25) is 0 Å². The van der Waals surface area contributed by atoms with E-state index in [1.54, 1.807) is 0 Å². The third-order valence-electron chi connectivity index (χ3n) is 2.72. The molecule has 15 heavy (non-hydrogen) atoms. The van der Waals surface area contributed by atoms with Crippen LogP contribution >= 0.6 is 0 Å². The highest BCUT2D eigenvalue weighted by Gasteiger charge is 2.04. The van der Waals surface area contributed by atoms with E-state index in [9.17, 15) is 0 Å². The van der Waals surface area contributed by atoms with Gasteiger partial charge in [-0.15, -0.1) is 0 Å². The summed E-state index contributed by atoms with van der Waals surface area (Å²) in [5.41, 5.74) is 2.48. The van der Waals surface area contributed by atoms with Gasteiger partial charge >= 0.3 is 0 Å². The fourth-order valence-electron chi connectivity index (χ4n) is 1.44. The third-order valence-corrected chi connectivity index (χ3v) is 2.72. The minimum atomic E-state index is 0.722. The van der Waals surface area contributed by atoms with Crippen molar-refractivity contribution in [3.8, 4) is 0 Å². The van der Waals surface area contributed by atoms with Crippen LogP contribution in [0.5, 0.6) is 0 Å². The van der Waals surface area contributed by atoms with Gasteiger partial charge in [-0.25, -0.2) is 0 Å². The minimum absolute atomic E-state index is 0.722. The predicted molar refractivity (Wildman–Crippen MR) is 68.7 cm³/mol. The SMILES string of the molecule is CCC(C)CNc1ccccc1N(C)C. The van der Waals surface area contributed by atoms with Gasteiger partial charge in [0.25, 0.3) is 0 Å². The Balaban J connectivity index is 2.67. The van der Waals surface area contributed by atoms with Gasteiger partial charge in [-0.3, -0.25) is 0 Å². The van der Waals surface area contributed by atoms with Gasteiger partial charge in [-0.1, -0.05) is 32.4 Å². The van der Waals surface area contributed by atoms with Crippen LogP contribution in [0.3, 0.4) is 0 Å². The molecule has 0 amide bonds. The summed E-state index contributed by atoms with van der Waals surface area (Å²) in [5, 5.41) is 3.50. The van der Waals surface area contributed by atoms with E-state index in [1.807, 2.05) is 0 Å². The van der Waals surface area contributed by atoms with Crippen molar-refractivity contribution in [1.29, 1.82) is 0 Å². The van der Waals surface area contributed by atoms with Gasteiger partial charge in [-0.2, -0.15) is 0 Å². The number of rotatable bonds is 5. The first kappa shape index (κ1) is 11.9. The first-order valence-corrected chi connectivity index (χ1v) is 5.65. The van der Waals surface area contributed by atoms with Crippen LogP contribution in [-0.2, 0) is 0 Å². The summed E-state index contributed by atoms with van der Waals surface area (Å²) in [6.07, 6.45) is 1.22. The standard InChI is InChI=1S/C13H22N2/c1-5-11(2)10-14-12-8-6-7-9-13(12)15(3)4/h6-9,11,14H,5,10H2,1-4H3. The lowest BCUT2D eigenvalue weighted by atomic mass is 10.1. The topological polar surface area (TPSA) is 15.3 Å². The highest BCUT2D eigenvalue weighted by atomic mass is 15.1. The van der Waals surface area contributed by atoms with E-state index in [4.69, 9.17) is 0 Å². The van der Waals surface area contributed by atoms with E-state index < -0.39 is 0 Å². The number of nitrogens with one attached hydrogen (secondary N) is 1. The Bertz CT molecular complexity index is 294. The molecule has 1 rings (SSSR count). The predicted octanol–water partition coefficient (Wildman–Crippen LogP) is 3.21. The van der Waals surface area contributed by atoms with Crippen molar-refractivity contribution in [2.24, 2.45) is 5.92 Å². The monoisotopic (exact) mass is 206 g/mol. The molecule has 0 aliphatic carbocycles. The molecule has 0 spiro atoms. The molecular formula is C13H22N2. The molecule has 1 N–H and O–H groups in total. The number of benzene rings is 1. The second-order valence-corrected chi connectivity index (χ2v) is 4.31. The first-order chi connectivity index (χ1) is 7.15. The zero-order valence-corrected chi connectivity index (χ0v) is 10.2. The summed E-state index contributed by atoms with van der Waals surface area (Å²) >= 11 is 0. The maximum absolute atomic E-state index is 3.50. The highest BCUT2D eigenvalue weighted by Crippen LogP contribution is 2.23. The summed E-state index contributed by atoms with van der Waals surface area (Å²) in [5.74, 6) is 0.722. The molecule has 84 valence electrons. The smallest absolute Gasteiger partial charge is 0.0596 e. The van der Waals surface area contributed by atoms with Gasteiger partial charge in [0.1, 0.15) is 0 Å². The van der Waals surface area contributed by atoms with E-state index in [0.717, 1.165) is 12.5 Å². The Morgan fingerprint density at radius 2 is 1.93 bits per heavy atom. The van der Waals surface area contributed by atoms with Gasteiger partial charge in [0.05, 0.1) is 11.4 Å². The van der Waals surface area contributed by atoms with Crippen molar-refractivity contribution in [2.45, 2.75) is 20.3 Å². The second kappa shape index (κ2) is 5.64. The summed E-state index contributed by atoms with van der Waals surface area (Å²) < 4.78 is 0. The Labute approximate surface area is 93.3 Å². The van der Waals surface area contributed by atoms with Crippen molar-refractivity contribution in [1.82, 2.24) is 0 Å². The summed E-state index contributed by atoms with van der Waals surface area (Å²) in [6, 6.07) is 8.42. The zero-order chi connectivity index (χ0) is 11.3. The number of para-hydroxylation sites is 2. The fourth-order valence-corrected chi connectivity index (χ4v) is 1.44. The molecule has 0 saturated carbocycles. The molecule has 1 aromatic carbocycles. The van der Waals surface area contributed by atoms with Crippen LogP contribution in [0, 0.1) is 5.92 Å². The van der Waals surface area contributed by atoms with Crippen LogP contribution < -0.4 is 10.2 Å². The number of anilines is 2. The largest absolute Gasteiger partial charge is 0.383 e. The lowest BCUT2D eigenvalue weighted by Gasteiger charge is -2.19. The normalized spacial score (nSPS) is 12.3. The molecule has 1 unspecified atom stereocenters. The molecule has 0 aliphatic rings. The average molecular weight is 206 g/mol. The Morgan fingerprint density at radius 1 is 1.27 bits per heavy atom. The summed E-state index contributed by atoms with van der Waals surface area (Å²) in [7, 11) is 4.15. The van der Waals surface area contributed by atoms with Crippen LogP contribution in [0.4, 0.5) is 11.4 Å². The van der Waals surface area contributed by atoms with Crippen LogP contribution in [0.25, 0.3) is 0 Å². The lowest BCUT2D eigenvalue weighted by Crippen LogP contribution is -2.15. The fraction of sp³-hybridized carbons (Fsp3) is 0.538. The molecule has 0 aromatic heterocycles. The second-order valence-electron chi connectivity index (χ2n) is 4.31. The molecule has 0 radical (unpaired) electrons.